The van der Waals surface area contributed by atoms with Crippen molar-refractivity contribution in [2.75, 3.05) is 0 Å². The molecule has 70 valence electrons. The lowest BCUT2D eigenvalue weighted by atomic mass is 9.71. The largest absolute Gasteiger partial charge is 0.0878 e. The highest BCUT2D eigenvalue weighted by molar-refractivity contribution is 9.12. The summed E-state index contributed by atoms with van der Waals surface area (Å²) in [6.07, 6.45) is 8.75. The molecule has 0 amide bonds. The molecule has 2 saturated carbocycles. The monoisotopic (exact) mass is 294 g/mol. The van der Waals surface area contributed by atoms with Gasteiger partial charge in [-0.25, -0.2) is 0 Å². The van der Waals surface area contributed by atoms with Crippen LogP contribution in [-0.4, -0.2) is 9.65 Å². The van der Waals surface area contributed by atoms with Crippen LogP contribution in [0.15, 0.2) is 0 Å². The van der Waals surface area contributed by atoms with E-state index in [0.29, 0.717) is 0 Å². The van der Waals surface area contributed by atoms with Gasteiger partial charge >= 0.3 is 0 Å². The molecule has 0 aromatic carbocycles. The fraction of sp³-hybridized carbons (Fsp3) is 1.00. The van der Waals surface area contributed by atoms with E-state index in [1.807, 2.05) is 0 Å². The first-order chi connectivity index (χ1) is 5.77. The molecule has 0 nitrogen and oxygen atoms in total. The van der Waals surface area contributed by atoms with Crippen molar-refractivity contribution in [2.45, 2.75) is 48.2 Å². The van der Waals surface area contributed by atoms with E-state index < -0.39 is 0 Å². The SMILES string of the molecule is Br[C@H]1C[C@@H]2CCCC[C@H]2C[C@@H]1Br. The standard InChI is InChI=1S/C10H16Br2/c11-9-5-7-3-1-2-4-8(7)6-10(9)12/h7-10H,1-6H2/t7-,8-,9-,10-/m0/s1. The van der Waals surface area contributed by atoms with Crippen LogP contribution in [0, 0.1) is 11.8 Å². The van der Waals surface area contributed by atoms with Crippen LogP contribution in [0.3, 0.4) is 0 Å². The van der Waals surface area contributed by atoms with E-state index in [0.717, 1.165) is 21.5 Å². The Kier molecular flexibility index (Phi) is 3.17. The zero-order chi connectivity index (χ0) is 8.55. The lowest BCUT2D eigenvalue weighted by Gasteiger charge is -2.40. The second-order valence-electron chi connectivity index (χ2n) is 4.31. The van der Waals surface area contributed by atoms with Gasteiger partial charge in [-0.2, -0.15) is 0 Å². The second-order valence-corrected chi connectivity index (χ2v) is 6.66. The molecule has 12 heavy (non-hydrogen) atoms. The molecule has 0 aromatic rings. The average Bonchev–Trinajstić information content (AvgIpc) is 2.07. The van der Waals surface area contributed by atoms with E-state index in [2.05, 4.69) is 31.9 Å². The summed E-state index contributed by atoms with van der Waals surface area (Å²) in [5.74, 6) is 2.08. The van der Waals surface area contributed by atoms with E-state index in [9.17, 15) is 0 Å². The zero-order valence-electron chi connectivity index (χ0n) is 7.31. The Morgan fingerprint density at radius 1 is 0.750 bits per heavy atom. The first-order valence-corrected chi connectivity index (χ1v) is 6.88. The van der Waals surface area contributed by atoms with Crippen LogP contribution in [-0.2, 0) is 0 Å². The summed E-state index contributed by atoms with van der Waals surface area (Å²) < 4.78 is 0. The van der Waals surface area contributed by atoms with Gasteiger partial charge in [-0.15, -0.1) is 0 Å². The fourth-order valence-corrected chi connectivity index (χ4v) is 4.17. The van der Waals surface area contributed by atoms with Crippen LogP contribution in [0.5, 0.6) is 0 Å². The maximum absolute atomic E-state index is 3.77. The molecule has 0 N–H and O–H groups in total. The summed E-state index contributed by atoms with van der Waals surface area (Å²) in [5.41, 5.74) is 0. The van der Waals surface area contributed by atoms with Crippen molar-refractivity contribution in [3.8, 4) is 0 Å². The van der Waals surface area contributed by atoms with E-state index in [4.69, 9.17) is 0 Å². The highest BCUT2D eigenvalue weighted by Crippen LogP contribution is 2.44. The van der Waals surface area contributed by atoms with E-state index in [-0.39, 0.29) is 0 Å². The summed E-state index contributed by atoms with van der Waals surface area (Å²) in [7, 11) is 0. The van der Waals surface area contributed by atoms with Gasteiger partial charge in [0.05, 0.1) is 0 Å². The van der Waals surface area contributed by atoms with Crippen molar-refractivity contribution in [1.29, 1.82) is 0 Å². The second kappa shape index (κ2) is 4.00. The number of rotatable bonds is 0. The molecule has 0 aromatic heterocycles. The summed E-state index contributed by atoms with van der Waals surface area (Å²) in [6.45, 7) is 0. The van der Waals surface area contributed by atoms with Gasteiger partial charge in [0.25, 0.3) is 0 Å². The summed E-state index contributed by atoms with van der Waals surface area (Å²) in [4.78, 5) is 1.47. The van der Waals surface area contributed by atoms with Crippen LogP contribution in [0.4, 0.5) is 0 Å². The third kappa shape index (κ3) is 1.89. The smallest absolute Gasteiger partial charge is 0.0273 e. The van der Waals surface area contributed by atoms with Crippen molar-refractivity contribution in [3.63, 3.8) is 0 Å². The summed E-state index contributed by atoms with van der Waals surface area (Å²) >= 11 is 7.54. The molecule has 0 saturated heterocycles. The fourth-order valence-electron chi connectivity index (χ4n) is 2.78. The Morgan fingerprint density at radius 2 is 1.17 bits per heavy atom. The molecule has 2 aliphatic carbocycles. The first-order valence-electron chi connectivity index (χ1n) is 5.05. The molecule has 2 rings (SSSR count). The molecule has 2 heteroatoms. The Labute approximate surface area is 91.7 Å². The van der Waals surface area contributed by atoms with Gasteiger partial charge in [0.15, 0.2) is 0 Å². The van der Waals surface area contributed by atoms with Crippen LogP contribution in [0.1, 0.15) is 38.5 Å². The third-order valence-electron chi connectivity index (χ3n) is 3.51. The highest BCUT2D eigenvalue weighted by Gasteiger charge is 2.35. The number of halogens is 2. The van der Waals surface area contributed by atoms with Crippen LogP contribution >= 0.6 is 31.9 Å². The molecular formula is C10H16Br2. The Balaban J connectivity index is 1.98. The molecule has 0 spiro atoms. The minimum Gasteiger partial charge on any atom is -0.0878 e. The van der Waals surface area contributed by atoms with Crippen LogP contribution < -0.4 is 0 Å². The zero-order valence-corrected chi connectivity index (χ0v) is 10.5. The molecule has 2 fully saturated rings. The molecule has 0 bridgehead atoms. The minimum absolute atomic E-state index is 0.733. The molecule has 0 heterocycles. The quantitative estimate of drug-likeness (QED) is 0.590. The number of fused-ring (bicyclic) bond motifs is 1. The molecule has 0 unspecified atom stereocenters. The Bertz CT molecular complexity index is 140. The van der Waals surface area contributed by atoms with Crippen LogP contribution in [0.25, 0.3) is 0 Å². The van der Waals surface area contributed by atoms with E-state index >= 15 is 0 Å². The molecular weight excluding hydrogens is 280 g/mol. The van der Waals surface area contributed by atoms with Crippen molar-refractivity contribution >= 4 is 31.9 Å². The molecule has 0 aliphatic heterocycles. The predicted molar refractivity (Wildman–Crippen MR) is 60.1 cm³/mol. The van der Waals surface area contributed by atoms with Gasteiger partial charge in [0.1, 0.15) is 0 Å². The maximum Gasteiger partial charge on any atom is 0.0273 e. The van der Waals surface area contributed by atoms with Crippen molar-refractivity contribution in [2.24, 2.45) is 11.8 Å². The number of alkyl halides is 2. The van der Waals surface area contributed by atoms with E-state index in [1.165, 1.54) is 38.5 Å². The minimum atomic E-state index is 0.733. The number of hydrogen-bond acceptors (Lipinski definition) is 0. The highest BCUT2D eigenvalue weighted by atomic mass is 79.9. The molecule has 0 radical (unpaired) electrons. The van der Waals surface area contributed by atoms with Crippen molar-refractivity contribution < 1.29 is 0 Å². The van der Waals surface area contributed by atoms with Gasteiger partial charge < -0.3 is 0 Å². The lowest BCUT2D eigenvalue weighted by molar-refractivity contribution is 0.181. The maximum atomic E-state index is 3.77. The van der Waals surface area contributed by atoms with Crippen molar-refractivity contribution in [3.05, 3.63) is 0 Å². The van der Waals surface area contributed by atoms with Gasteiger partial charge in [-0.3, -0.25) is 0 Å². The van der Waals surface area contributed by atoms with Gasteiger partial charge in [0.2, 0.25) is 0 Å². The van der Waals surface area contributed by atoms with Gasteiger partial charge in [-0.1, -0.05) is 57.5 Å². The van der Waals surface area contributed by atoms with Crippen molar-refractivity contribution in [1.82, 2.24) is 0 Å². The molecule has 4 atom stereocenters. The van der Waals surface area contributed by atoms with Crippen LogP contribution in [0.2, 0.25) is 0 Å². The molecule has 2 aliphatic rings. The topological polar surface area (TPSA) is 0 Å². The first kappa shape index (κ1) is 9.51. The summed E-state index contributed by atoms with van der Waals surface area (Å²) in [6, 6.07) is 0. The van der Waals surface area contributed by atoms with E-state index in [1.54, 1.807) is 0 Å². The number of hydrogen-bond donors (Lipinski definition) is 0. The predicted octanol–water partition coefficient (Wildman–Crippen LogP) is 4.11. The normalized spacial score (nSPS) is 48.5. The third-order valence-corrected chi connectivity index (χ3v) is 6.25. The lowest BCUT2D eigenvalue weighted by Crippen LogP contribution is -2.34. The summed E-state index contributed by atoms with van der Waals surface area (Å²) in [5, 5.41) is 0. The van der Waals surface area contributed by atoms with Gasteiger partial charge in [-0.05, 0) is 24.7 Å². The Morgan fingerprint density at radius 3 is 1.58 bits per heavy atom. The van der Waals surface area contributed by atoms with Gasteiger partial charge in [0, 0.05) is 9.65 Å². The Hall–Kier alpha value is 0.960. The average molecular weight is 296 g/mol.